The molecule has 1 amide bonds. The van der Waals surface area contributed by atoms with E-state index in [0.717, 1.165) is 6.54 Å². The van der Waals surface area contributed by atoms with E-state index in [9.17, 15) is 4.79 Å². The molecule has 0 spiro atoms. The van der Waals surface area contributed by atoms with Gasteiger partial charge in [-0.05, 0) is 50.1 Å². The molecule has 0 aliphatic carbocycles. The number of thiophene rings is 1. The Kier molecular flexibility index (Phi) is 5.82. The third kappa shape index (κ3) is 6.07. The average Bonchev–Trinajstić information content (AvgIpc) is 2.79. The van der Waals surface area contributed by atoms with Gasteiger partial charge in [0.15, 0.2) is 0 Å². The van der Waals surface area contributed by atoms with Gasteiger partial charge in [0.25, 0.3) is 0 Å². The van der Waals surface area contributed by atoms with Crippen LogP contribution in [0, 0.1) is 0 Å². The van der Waals surface area contributed by atoms with E-state index in [-0.39, 0.29) is 6.09 Å². The summed E-state index contributed by atoms with van der Waals surface area (Å²) >= 11 is 1.69. The Hall–Kier alpha value is -1.07. The molecule has 0 radical (unpaired) electrons. The number of hydrogen-bond acceptors (Lipinski definition) is 4. The van der Waals surface area contributed by atoms with Crippen molar-refractivity contribution in [3.63, 3.8) is 0 Å². The van der Waals surface area contributed by atoms with Crippen LogP contribution in [0.25, 0.3) is 0 Å². The normalized spacial score (nSPS) is 13.1. The first-order valence-corrected chi connectivity index (χ1v) is 7.43. The van der Waals surface area contributed by atoms with E-state index in [1.54, 1.807) is 23.3 Å². The molecular weight excluding hydrogens is 260 g/mol. The maximum absolute atomic E-state index is 11.7. The molecule has 19 heavy (non-hydrogen) atoms. The fourth-order valence-electron chi connectivity index (χ4n) is 1.52. The van der Waals surface area contributed by atoms with Crippen molar-refractivity contribution in [1.82, 2.24) is 10.2 Å². The van der Waals surface area contributed by atoms with Gasteiger partial charge >= 0.3 is 6.09 Å². The second-order valence-corrected chi connectivity index (χ2v) is 6.41. The molecule has 1 rings (SSSR count). The van der Waals surface area contributed by atoms with Crippen molar-refractivity contribution in [3.8, 4) is 0 Å². The van der Waals surface area contributed by atoms with Crippen LogP contribution >= 0.6 is 11.3 Å². The molecule has 1 heterocycles. The highest BCUT2D eigenvalue weighted by Gasteiger charge is 2.19. The van der Waals surface area contributed by atoms with E-state index >= 15 is 0 Å². The fourth-order valence-corrected chi connectivity index (χ4v) is 2.27. The molecule has 0 aromatic carbocycles. The van der Waals surface area contributed by atoms with Crippen molar-refractivity contribution < 1.29 is 9.53 Å². The predicted molar refractivity (Wildman–Crippen MR) is 79.6 cm³/mol. The van der Waals surface area contributed by atoms with Crippen LogP contribution in [0.4, 0.5) is 4.79 Å². The van der Waals surface area contributed by atoms with Gasteiger partial charge in [0.2, 0.25) is 0 Å². The van der Waals surface area contributed by atoms with Crippen LogP contribution in [0.3, 0.4) is 0 Å². The molecule has 5 heteroatoms. The van der Waals surface area contributed by atoms with Crippen molar-refractivity contribution in [1.29, 1.82) is 0 Å². The average molecular weight is 284 g/mol. The molecule has 1 aromatic rings. The number of ether oxygens (including phenoxy) is 1. The first-order valence-electron chi connectivity index (χ1n) is 6.49. The molecule has 0 aliphatic heterocycles. The second kappa shape index (κ2) is 6.91. The van der Waals surface area contributed by atoms with E-state index in [1.165, 1.54) is 5.56 Å². The summed E-state index contributed by atoms with van der Waals surface area (Å²) in [5, 5.41) is 7.59. The summed E-state index contributed by atoms with van der Waals surface area (Å²) in [4.78, 5) is 13.3. The molecule has 0 bridgehead atoms. The van der Waals surface area contributed by atoms with E-state index in [2.05, 4.69) is 29.1 Å². The molecule has 1 N–H and O–H groups in total. The van der Waals surface area contributed by atoms with Crippen LogP contribution in [0.1, 0.15) is 39.3 Å². The van der Waals surface area contributed by atoms with Crippen LogP contribution in [0.15, 0.2) is 16.8 Å². The SMILES string of the molecule is CC(NCCN(C)C(=O)OC(C)(C)C)c1ccsc1. The number of rotatable bonds is 5. The van der Waals surface area contributed by atoms with Gasteiger partial charge in [0.1, 0.15) is 5.60 Å². The lowest BCUT2D eigenvalue weighted by atomic mass is 10.2. The summed E-state index contributed by atoms with van der Waals surface area (Å²) in [7, 11) is 1.75. The van der Waals surface area contributed by atoms with Gasteiger partial charge in [-0.1, -0.05) is 0 Å². The topological polar surface area (TPSA) is 41.6 Å². The Labute approximate surface area is 119 Å². The summed E-state index contributed by atoms with van der Waals surface area (Å²) in [6, 6.07) is 2.41. The summed E-state index contributed by atoms with van der Waals surface area (Å²) in [6.07, 6.45) is -0.280. The minimum atomic E-state index is -0.442. The Morgan fingerprint density at radius 1 is 1.53 bits per heavy atom. The van der Waals surface area contributed by atoms with E-state index < -0.39 is 5.60 Å². The molecule has 0 saturated heterocycles. The third-order valence-corrected chi connectivity index (χ3v) is 3.35. The largest absolute Gasteiger partial charge is 0.444 e. The molecule has 0 fully saturated rings. The summed E-state index contributed by atoms with van der Waals surface area (Å²) < 4.78 is 5.29. The van der Waals surface area contributed by atoms with Crippen molar-refractivity contribution in [2.45, 2.75) is 39.3 Å². The molecule has 0 aliphatic rings. The molecule has 1 unspecified atom stereocenters. The zero-order chi connectivity index (χ0) is 14.5. The monoisotopic (exact) mass is 284 g/mol. The molecule has 1 atom stereocenters. The Bertz CT molecular complexity index is 385. The molecule has 108 valence electrons. The maximum atomic E-state index is 11.7. The highest BCUT2D eigenvalue weighted by atomic mass is 32.1. The van der Waals surface area contributed by atoms with Gasteiger partial charge in [0.05, 0.1) is 0 Å². The minimum Gasteiger partial charge on any atom is -0.444 e. The van der Waals surface area contributed by atoms with Gasteiger partial charge in [-0.15, -0.1) is 0 Å². The maximum Gasteiger partial charge on any atom is 0.410 e. The lowest BCUT2D eigenvalue weighted by molar-refractivity contribution is 0.0299. The van der Waals surface area contributed by atoms with Crippen molar-refractivity contribution >= 4 is 17.4 Å². The third-order valence-electron chi connectivity index (χ3n) is 2.65. The molecular formula is C14H24N2O2S. The number of carbonyl (C=O) groups excluding carboxylic acids is 1. The van der Waals surface area contributed by atoms with Crippen molar-refractivity contribution in [2.75, 3.05) is 20.1 Å². The summed E-state index contributed by atoms with van der Waals surface area (Å²) in [6.45, 7) is 9.10. The van der Waals surface area contributed by atoms with Crippen LogP contribution < -0.4 is 5.32 Å². The molecule has 1 aromatic heterocycles. The Morgan fingerprint density at radius 3 is 2.74 bits per heavy atom. The van der Waals surface area contributed by atoms with Gasteiger partial charge < -0.3 is 15.0 Å². The van der Waals surface area contributed by atoms with Gasteiger partial charge in [-0.3, -0.25) is 0 Å². The molecule has 0 saturated carbocycles. The van der Waals surface area contributed by atoms with E-state index in [4.69, 9.17) is 4.74 Å². The number of carbonyl (C=O) groups is 1. The highest BCUT2D eigenvalue weighted by molar-refractivity contribution is 7.07. The number of hydrogen-bond donors (Lipinski definition) is 1. The lowest BCUT2D eigenvalue weighted by Crippen LogP contribution is -2.38. The highest BCUT2D eigenvalue weighted by Crippen LogP contribution is 2.15. The number of likely N-dealkylation sites (N-methyl/N-ethyl adjacent to an activating group) is 1. The van der Waals surface area contributed by atoms with Gasteiger partial charge in [-0.2, -0.15) is 11.3 Å². The second-order valence-electron chi connectivity index (χ2n) is 5.63. The van der Waals surface area contributed by atoms with Crippen molar-refractivity contribution in [2.24, 2.45) is 0 Å². The van der Waals surface area contributed by atoms with Crippen LogP contribution in [0.2, 0.25) is 0 Å². The first-order chi connectivity index (χ1) is 8.79. The van der Waals surface area contributed by atoms with Crippen LogP contribution in [-0.4, -0.2) is 36.7 Å². The predicted octanol–water partition coefficient (Wildman–Crippen LogP) is 3.27. The Balaban J connectivity index is 2.27. The van der Waals surface area contributed by atoms with E-state index in [0.29, 0.717) is 12.6 Å². The lowest BCUT2D eigenvalue weighted by Gasteiger charge is -2.25. The van der Waals surface area contributed by atoms with Crippen LogP contribution in [0.5, 0.6) is 0 Å². The summed E-state index contributed by atoms with van der Waals surface area (Å²) in [5.41, 5.74) is 0.841. The van der Waals surface area contributed by atoms with Crippen LogP contribution in [-0.2, 0) is 4.74 Å². The standard InChI is InChI=1S/C14H24N2O2S/c1-11(12-6-9-19-10-12)15-7-8-16(5)13(17)18-14(2,3)4/h6,9-11,15H,7-8H2,1-5H3. The minimum absolute atomic E-state index is 0.280. The Morgan fingerprint density at radius 2 is 2.21 bits per heavy atom. The number of nitrogens with one attached hydrogen (secondary N) is 1. The zero-order valence-corrected chi connectivity index (χ0v) is 13.2. The van der Waals surface area contributed by atoms with Gasteiger partial charge in [0, 0.05) is 26.2 Å². The fraction of sp³-hybridized carbons (Fsp3) is 0.643. The smallest absolute Gasteiger partial charge is 0.410 e. The number of amides is 1. The van der Waals surface area contributed by atoms with Crippen molar-refractivity contribution in [3.05, 3.63) is 22.4 Å². The van der Waals surface area contributed by atoms with Gasteiger partial charge in [-0.25, -0.2) is 4.79 Å². The summed E-state index contributed by atoms with van der Waals surface area (Å²) in [5.74, 6) is 0. The molecule has 4 nitrogen and oxygen atoms in total. The first kappa shape index (κ1) is 16.0. The zero-order valence-electron chi connectivity index (χ0n) is 12.4. The number of nitrogens with zero attached hydrogens (tertiary/aromatic N) is 1. The quantitative estimate of drug-likeness (QED) is 0.902. The van der Waals surface area contributed by atoms with E-state index in [1.807, 2.05) is 20.8 Å².